The Balaban J connectivity index is 2.14. The van der Waals surface area contributed by atoms with E-state index in [1.165, 1.54) is 12.5 Å². The van der Waals surface area contributed by atoms with Gasteiger partial charge in [-0.2, -0.15) is 0 Å². The molecular formula is C20H29N7O8. The molecule has 1 aromatic heterocycles. The molecule has 0 radical (unpaired) electrons. The highest BCUT2D eigenvalue weighted by atomic mass is 16.4. The molecule has 15 nitrogen and oxygen atoms in total. The van der Waals surface area contributed by atoms with E-state index in [2.05, 4.69) is 31.2 Å². The normalized spacial score (nSPS) is 17.5. The number of carboxylic acids is 2. The van der Waals surface area contributed by atoms with Gasteiger partial charge in [0.2, 0.25) is 23.6 Å². The summed E-state index contributed by atoms with van der Waals surface area (Å²) in [5.41, 5.74) is 5.51. The van der Waals surface area contributed by atoms with Gasteiger partial charge >= 0.3 is 11.9 Å². The zero-order valence-corrected chi connectivity index (χ0v) is 18.8. The van der Waals surface area contributed by atoms with Crippen molar-refractivity contribution in [2.24, 2.45) is 5.73 Å². The standard InChI is InChI=1S/C20H29N7O8/c21-15(28)4-3-12(20(34)35)25-19(33)14(7-16(29)30)27-18(32)13(6-10-8-22-9-24-10)26-17(31)11-2-1-5-23-11/h8-9,11-14,23H,1-7H2,(H2,21,28)(H,22,24)(H,25,33)(H,26,31)(H,27,32)(H,29,30)(H,34,35). The predicted molar refractivity (Wildman–Crippen MR) is 117 cm³/mol. The van der Waals surface area contributed by atoms with Gasteiger partial charge in [0, 0.05) is 24.7 Å². The fourth-order valence-electron chi connectivity index (χ4n) is 3.48. The average molecular weight is 495 g/mol. The number of nitrogens with two attached hydrogens (primary N) is 1. The second kappa shape index (κ2) is 13.0. The van der Waals surface area contributed by atoms with Gasteiger partial charge in [0.05, 0.1) is 18.8 Å². The lowest BCUT2D eigenvalue weighted by atomic mass is 10.1. The minimum Gasteiger partial charge on any atom is -0.481 e. The van der Waals surface area contributed by atoms with Gasteiger partial charge in [-0.15, -0.1) is 0 Å². The van der Waals surface area contributed by atoms with Crippen LogP contribution in [0.5, 0.6) is 0 Å². The zero-order chi connectivity index (χ0) is 26.0. The SMILES string of the molecule is NC(=O)CCC(NC(=O)C(CC(=O)O)NC(=O)C(Cc1cnc[nH]1)NC(=O)C1CCCN1)C(=O)O. The predicted octanol–water partition coefficient (Wildman–Crippen LogP) is -3.02. The summed E-state index contributed by atoms with van der Waals surface area (Å²) in [6.45, 7) is 0.650. The lowest BCUT2D eigenvalue weighted by Gasteiger charge is -2.24. The maximum atomic E-state index is 13.0. The molecule has 2 rings (SSSR count). The number of hydrogen-bond donors (Lipinski definition) is 8. The Bertz CT molecular complexity index is 930. The molecule has 1 saturated heterocycles. The topological polar surface area (TPSA) is 246 Å². The molecule has 1 aliphatic rings. The van der Waals surface area contributed by atoms with Crippen LogP contribution in [-0.2, 0) is 35.2 Å². The Morgan fingerprint density at radius 2 is 1.74 bits per heavy atom. The molecule has 192 valence electrons. The fraction of sp³-hybridized carbons (Fsp3) is 0.550. The van der Waals surface area contributed by atoms with Crippen LogP contribution in [-0.4, -0.2) is 86.5 Å². The average Bonchev–Trinajstić information content (AvgIpc) is 3.49. The Morgan fingerprint density at radius 3 is 2.29 bits per heavy atom. The van der Waals surface area contributed by atoms with Crippen molar-refractivity contribution in [1.29, 1.82) is 0 Å². The van der Waals surface area contributed by atoms with Crippen LogP contribution in [0, 0.1) is 0 Å². The van der Waals surface area contributed by atoms with E-state index in [0.29, 0.717) is 18.7 Å². The molecule has 0 saturated carbocycles. The Labute approximate surface area is 199 Å². The van der Waals surface area contributed by atoms with E-state index in [4.69, 9.17) is 5.73 Å². The van der Waals surface area contributed by atoms with Crippen LogP contribution in [0.3, 0.4) is 0 Å². The first-order valence-corrected chi connectivity index (χ1v) is 10.9. The van der Waals surface area contributed by atoms with Crippen molar-refractivity contribution < 1.29 is 39.0 Å². The van der Waals surface area contributed by atoms with Gasteiger partial charge in [-0.3, -0.25) is 24.0 Å². The van der Waals surface area contributed by atoms with Crippen LogP contribution in [0.4, 0.5) is 0 Å². The number of carbonyl (C=O) groups is 6. The van der Waals surface area contributed by atoms with E-state index in [1.807, 2.05) is 0 Å². The van der Waals surface area contributed by atoms with E-state index >= 15 is 0 Å². The van der Waals surface area contributed by atoms with Crippen molar-refractivity contribution in [2.75, 3.05) is 6.54 Å². The van der Waals surface area contributed by atoms with Gasteiger partial charge in [-0.05, 0) is 25.8 Å². The first kappa shape index (κ1) is 27.2. The van der Waals surface area contributed by atoms with Crippen molar-refractivity contribution in [3.63, 3.8) is 0 Å². The lowest BCUT2D eigenvalue weighted by molar-refractivity contribution is -0.143. The summed E-state index contributed by atoms with van der Waals surface area (Å²) in [5.74, 6) is -6.04. The molecule has 0 aromatic carbocycles. The number of aliphatic carboxylic acids is 2. The molecule has 0 spiro atoms. The van der Waals surface area contributed by atoms with Gasteiger partial charge in [-0.25, -0.2) is 9.78 Å². The number of carboxylic acid groups (broad SMARTS) is 2. The van der Waals surface area contributed by atoms with Crippen LogP contribution < -0.4 is 27.0 Å². The van der Waals surface area contributed by atoms with Crippen molar-refractivity contribution >= 4 is 35.6 Å². The van der Waals surface area contributed by atoms with E-state index in [9.17, 15) is 39.0 Å². The van der Waals surface area contributed by atoms with E-state index in [0.717, 1.165) is 6.42 Å². The van der Waals surface area contributed by atoms with Gasteiger partial charge < -0.3 is 42.2 Å². The number of aromatic nitrogens is 2. The molecule has 0 aliphatic carbocycles. The van der Waals surface area contributed by atoms with E-state index in [-0.39, 0.29) is 19.3 Å². The fourth-order valence-corrected chi connectivity index (χ4v) is 3.48. The summed E-state index contributed by atoms with van der Waals surface area (Å²) in [7, 11) is 0. The molecular weight excluding hydrogens is 466 g/mol. The highest BCUT2D eigenvalue weighted by Gasteiger charge is 2.32. The third-order valence-corrected chi connectivity index (χ3v) is 5.29. The molecule has 1 aromatic rings. The summed E-state index contributed by atoms with van der Waals surface area (Å²) < 4.78 is 0. The summed E-state index contributed by atoms with van der Waals surface area (Å²) in [4.78, 5) is 78.6. The third kappa shape index (κ3) is 9.04. The smallest absolute Gasteiger partial charge is 0.326 e. The number of imidazole rings is 1. The van der Waals surface area contributed by atoms with Gasteiger partial charge in [0.25, 0.3) is 0 Å². The number of H-pyrrole nitrogens is 1. The number of primary amides is 1. The minimum atomic E-state index is -1.65. The Morgan fingerprint density at radius 1 is 1.06 bits per heavy atom. The number of carbonyl (C=O) groups excluding carboxylic acids is 4. The van der Waals surface area contributed by atoms with Crippen LogP contribution in [0.1, 0.15) is 37.8 Å². The number of nitrogens with zero attached hydrogens (tertiary/aromatic N) is 1. The van der Waals surface area contributed by atoms with Gasteiger partial charge in [-0.1, -0.05) is 0 Å². The second-order valence-electron chi connectivity index (χ2n) is 8.05. The zero-order valence-electron chi connectivity index (χ0n) is 18.8. The molecule has 4 unspecified atom stereocenters. The molecule has 2 heterocycles. The number of rotatable bonds is 14. The molecule has 15 heteroatoms. The van der Waals surface area contributed by atoms with Crippen molar-refractivity contribution in [1.82, 2.24) is 31.2 Å². The Kier molecular flexibility index (Phi) is 10.1. The number of nitrogens with one attached hydrogen (secondary N) is 5. The molecule has 4 atom stereocenters. The van der Waals surface area contributed by atoms with Crippen molar-refractivity contribution in [3.8, 4) is 0 Å². The monoisotopic (exact) mass is 495 g/mol. The Hall–Kier alpha value is -4.01. The lowest BCUT2D eigenvalue weighted by Crippen LogP contribution is -2.58. The van der Waals surface area contributed by atoms with Gasteiger partial charge in [0.15, 0.2) is 0 Å². The van der Waals surface area contributed by atoms with Crippen LogP contribution >= 0.6 is 0 Å². The number of hydrogen-bond acceptors (Lipinski definition) is 8. The molecule has 0 bridgehead atoms. The van der Waals surface area contributed by atoms with Crippen LogP contribution in [0.2, 0.25) is 0 Å². The first-order valence-electron chi connectivity index (χ1n) is 10.9. The molecule has 9 N–H and O–H groups in total. The summed E-state index contributed by atoms with van der Waals surface area (Å²) in [5, 5.41) is 28.5. The number of aromatic amines is 1. The highest BCUT2D eigenvalue weighted by molar-refractivity contribution is 5.95. The number of amides is 4. The molecule has 1 fully saturated rings. The summed E-state index contributed by atoms with van der Waals surface area (Å²) in [6.07, 6.45) is 2.66. The highest BCUT2D eigenvalue weighted by Crippen LogP contribution is 2.08. The second-order valence-corrected chi connectivity index (χ2v) is 8.05. The molecule has 1 aliphatic heterocycles. The van der Waals surface area contributed by atoms with E-state index < -0.39 is 66.2 Å². The summed E-state index contributed by atoms with van der Waals surface area (Å²) in [6, 6.07) is -4.86. The maximum absolute atomic E-state index is 13.0. The van der Waals surface area contributed by atoms with Crippen molar-refractivity contribution in [2.45, 2.75) is 62.7 Å². The quantitative estimate of drug-likeness (QED) is 0.130. The van der Waals surface area contributed by atoms with Gasteiger partial charge in [0.1, 0.15) is 18.1 Å². The molecule has 4 amide bonds. The maximum Gasteiger partial charge on any atom is 0.326 e. The van der Waals surface area contributed by atoms with E-state index in [1.54, 1.807) is 0 Å². The van der Waals surface area contributed by atoms with Crippen molar-refractivity contribution in [3.05, 3.63) is 18.2 Å². The summed E-state index contributed by atoms with van der Waals surface area (Å²) >= 11 is 0. The van der Waals surface area contributed by atoms with Crippen LogP contribution in [0.15, 0.2) is 12.5 Å². The third-order valence-electron chi connectivity index (χ3n) is 5.29. The van der Waals surface area contributed by atoms with Crippen LogP contribution in [0.25, 0.3) is 0 Å². The largest absolute Gasteiger partial charge is 0.481 e. The molecule has 35 heavy (non-hydrogen) atoms. The minimum absolute atomic E-state index is 0.0257. The first-order chi connectivity index (χ1) is 16.6.